The van der Waals surface area contributed by atoms with E-state index in [-0.39, 0.29) is 6.42 Å². The maximum Gasteiger partial charge on any atom is 0.319 e. The number of ether oxygens (including phenoxy) is 1. The van der Waals surface area contributed by atoms with E-state index in [2.05, 4.69) is 4.74 Å². The van der Waals surface area contributed by atoms with Gasteiger partial charge in [-0.1, -0.05) is 0 Å². The Morgan fingerprint density at radius 2 is 2.57 bits per heavy atom. The first-order chi connectivity index (χ1) is 3.31. The first-order valence-electron chi connectivity index (χ1n) is 1.75. The van der Waals surface area contributed by atoms with Gasteiger partial charge in [0.1, 0.15) is 6.42 Å². The molecule has 0 aliphatic rings. The fourth-order valence-electron chi connectivity index (χ4n) is 0.137. The maximum atomic E-state index is 9.97. The second-order valence-corrected chi connectivity index (χ2v) is 0.911. The molecule has 7 heavy (non-hydrogen) atoms. The first-order valence-corrected chi connectivity index (χ1v) is 1.75. The second kappa shape index (κ2) is 3.16. The minimum atomic E-state index is -0.484. The largest absolute Gasteiger partial charge is 0.468 e. The van der Waals surface area contributed by atoms with Gasteiger partial charge in [-0.25, -0.2) is 0 Å². The van der Waals surface area contributed by atoms with Crippen molar-refractivity contribution in [2.24, 2.45) is 0 Å². The van der Waals surface area contributed by atoms with E-state index in [0.29, 0.717) is 0 Å². The highest BCUT2D eigenvalue weighted by Crippen LogP contribution is 1.76. The van der Waals surface area contributed by atoms with Crippen LogP contribution in [0.15, 0.2) is 0 Å². The van der Waals surface area contributed by atoms with Crippen LogP contribution in [0.25, 0.3) is 0 Å². The van der Waals surface area contributed by atoms with Gasteiger partial charge in [-0.2, -0.15) is 5.26 Å². The quantitative estimate of drug-likeness (QED) is 0.439. The topological polar surface area (TPSA) is 50.1 Å². The summed E-state index contributed by atoms with van der Waals surface area (Å²) in [4.78, 5) is 9.97. The molecule has 0 aromatic heterocycles. The summed E-state index contributed by atoms with van der Waals surface area (Å²) in [5, 5.41) is 7.82. The molecule has 0 rings (SSSR count). The van der Waals surface area contributed by atoms with Gasteiger partial charge in [-0.05, 0) is 0 Å². The van der Waals surface area contributed by atoms with E-state index < -0.39 is 5.97 Å². The summed E-state index contributed by atoms with van der Waals surface area (Å²) in [5.41, 5.74) is 0. The second-order valence-electron chi connectivity index (χ2n) is 0.911. The molecule has 0 N–H and O–H groups in total. The number of nitrogens with zero attached hydrogens (tertiary/aromatic N) is 1. The van der Waals surface area contributed by atoms with Crippen LogP contribution in [0.2, 0.25) is 0 Å². The van der Waals surface area contributed by atoms with Crippen LogP contribution in [-0.2, 0) is 9.53 Å². The van der Waals surface area contributed by atoms with E-state index in [4.69, 9.17) is 5.26 Å². The summed E-state index contributed by atoms with van der Waals surface area (Å²) in [6.45, 7) is 0. The molecular formula is C4H5NO2. The highest BCUT2D eigenvalue weighted by atomic mass is 16.5. The highest BCUT2D eigenvalue weighted by Gasteiger charge is 1.93. The number of nitriles is 1. The molecule has 0 amide bonds. The van der Waals surface area contributed by atoms with Crippen molar-refractivity contribution in [3.05, 3.63) is 0 Å². The van der Waals surface area contributed by atoms with Crippen LogP contribution in [0, 0.1) is 11.3 Å². The normalized spacial score (nSPS) is 6.86. The molecule has 0 aromatic rings. The lowest BCUT2D eigenvalue weighted by molar-refractivity contribution is -0.139. The van der Waals surface area contributed by atoms with Gasteiger partial charge in [0, 0.05) is 0 Å². The van der Waals surface area contributed by atoms with Crippen molar-refractivity contribution in [2.75, 3.05) is 7.11 Å². The smallest absolute Gasteiger partial charge is 0.319 e. The van der Waals surface area contributed by atoms with Crippen molar-refractivity contribution in [3.8, 4) is 6.07 Å². The first kappa shape index (κ1) is 5.96. The predicted octanol–water partition coefficient (Wildman–Crippen LogP) is 0.0731. The molecule has 0 aromatic carbocycles. The number of hydrogen-bond acceptors (Lipinski definition) is 3. The molecule has 3 heteroatoms. The summed E-state index contributed by atoms with van der Waals surface area (Å²) in [6.07, 6.45) is -0.156. The Kier molecular flexibility index (Phi) is 2.69. The molecular weight excluding hydrogens is 96.0 g/mol. The molecule has 0 saturated heterocycles. The fourth-order valence-corrected chi connectivity index (χ4v) is 0.137. The lowest BCUT2D eigenvalue weighted by Crippen LogP contribution is -1.96. The van der Waals surface area contributed by atoms with E-state index in [9.17, 15) is 4.79 Å². The van der Waals surface area contributed by atoms with Gasteiger partial charge in [0.05, 0.1) is 13.2 Å². The van der Waals surface area contributed by atoms with Crippen molar-refractivity contribution >= 4 is 5.97 Å². The molecule has 38 valence electrons. The average Bonchev–Trinajstić information content (AvgIpc) is 1.68. The molecule has 0 fully saturated rings. The van der Waals surface area contributed by atoms with Gasteiger partial charge in [0.25, 0.3) is 0 Å². The third-order valence-corrected chi connectivity index (χ3v) is 0.451. The molecule has 0 aliphatic heterocycles. The van der Waals surface area contributed by atoms with E-state index >= 15 is 0 Å². The molecule has 0 heterocycles. The van der Waals surface area contributed by atoms with E-state index in [1.54, 1.807) is 6.07 Å². The van der Waals surface area contributed by atoms with Gasteiger partial charge < -0.3 is 4.74 Å². The molecule has 0 unspecified atom stereocenters. The molecule has 0 radical (unpaired) electrons. The standard InChI is InChI=1S/C4H5NO2/c1-7-4(6)2-3-5/h2H2,1H3/i3+2. The van der Waals surface area contributed by atoms with E-state index in [0.717, 1.165) is 0 Å². The fraction of sp³-hybridized carbons (Fsp3) is 0.500. The van der Waals surface area contributed by atoms with Crippen molar-refractivity contribution in [3.63, 3.8) is 0 Å². The lowest BCUT2D eigenvalue weighted by Gasteiger charge is -1.85. The number of esters is 1. The van der Waals surface area contributed by atoms with Crippen LogP contribution in [0.3, 0.4) is 0 Å². The van der Waals surface area contributed by atoms with Crippen molar-refractivity contribution in [2.45, 2.75) is 6.42 Å². The summed E-state index contributed by atoms with van der Waals surface area (Å²) >= 11 is 0. The number of carbonyl (C=O) groups excluding carboxylic acids is 1. The Balaban J connectivity index is 3.23. The molecule has 0 saturated carbocycles. The van der Waals surface area contributed by atoms with Crippen molar-refractivity contribution in [1.29, 1.82) is 5.26 Å². The van der Waals surface area contributed by atoms with Crippen molar-refractivity contribution in [1.82, 2.24) is 0 Å². The van der Waals surface area contributed by atoms with E-state index in [1.165, 1.54) is 7.11 Å². The average molecular weight is 101 g/mol. The molecule has 0 bridgehead atoms. The Morgan fingerprint density at radius 1 is 2.00 bits per heavy atom. The van der Waals surface area contributed by atoms with Gasteiger partial charge in [-0.3, -0.25) is 4.79 Å². The van der Waals surface area contributed by atoms with Crippen LogP contribution in [0.4, 0.5) is 0 Å². The molecule has 3 nitrogen and oxygen atoms in total. The minimum absolute atomic E-state index is 0.156. The lowest BCUT2D eigenvalue weighted by atomic mass is 10.7. The Hall–Kier alpha value is -1.04. The monoisotopic (exact) mass is 101 g/mol. The SMILES string of the molecule is COC(=O)C[14C]#N. The Morgan fingerprint density at radius 3 is 2.71 bits per heavy atom. The van der Waals surface area contributed by atoms with Gasteiger partial charge in [0.2, 0.25) is 0 Å². The number of carbonyl (C=O) groups is 1. The summed E-state index contributed by atoms with van der Waals surface area (Å²) < 4.78 is 4.13. The van der Waals surface area contributed by atoms with Crippen LogP contribution in [0.5, 0.6) is 0 Å². The van der Waals surface area contributed by atoms with Gasteiger partial charge >= 0.3 is 5.97 Å². The Labute approximate surface area is 41.5 Å². The maximum absolute atomic E-state index is 9.97. The number of methoxy groups -OCH3 is 1. The third-order valence-electron chi connectivity index (χ3n) is 0.451. The summed E-state index contributed by atoms with van der Waals surface area (Å²) in [5.74, 6) is -0.484. The summed E-state index contributed by atoms with van der Waals surface area (Å²) in [7, 11) is 1.25. The van der Waals surface area contributed by atoms with Crippen molar-refractivity contribution < 1.29 is 9.53 Å². The molecule has 0 spiro atoms. The van der Waals surface area contributed by atoms with Gasteiger partial charge in [-0.15, -0.1) is 0 Å². The number of rotatable bonds is 1. The van der Waals surface area contributed by atoms with Crippen LogP contribution in [-0.4, -0.2) is 13.1 Å². The Bertz CT molecular complexity index is 103. The van der Waals surface area contributed by atoms with E-state index in [1.807, 2.05) is 0 Å². The molecule has 0 aliphatic carbocycles. The zero-order valence-corrected chi connectivity index (χ0v) is 3.97. The molecule has 0 atom stereocenters. The summed E-state index contributed by atoms with van der Waals surface area (Å²) in [6, 6.07) is 1.64. The van der Waals surface area contributed by atoms with Crippen LogP contribution in [0.1, 0.15) is 6.42 Å². The van der Waals surface area contributed by atoms with Gasteiger partial charge in [0.15, 0.2) is 0 Å². The predicted molar refractivity (Wildman–Crippen MR) is 22.2 cm³/mol. The van der Waals surface area contributed by atoms with Crippen LogP contribution < -0.4 is 0 Å². The number of hydrogen-bond donors (Lipinski definition) is 0. The minimum Gasteiger partial charge on any atom is -0.468 e. The zero-order valence-electron chi connectivity index (χ0n) is 3.97. The van der Waals surface area contributed by atoms with Crippen LogP contribution >= 0.6 is 0 Å². The zero-order chi connectivity index (χ0) is 5.70. The third kappa shape index (κ3) is 2.77. The highest BCUT2D eigenvalue weighted by molar-refractivity contribution is 5.71.